The van der Waals surface area contributed by atoms with Crippen LogP contribution in [0, 0.1) is 13.8 Å². The SMILES string of the molecule is Cc1cc2c(cc1C)[C@H](O)CCCO2. The van der Waals surface area contributed by atoms with Gasteiger partial charge >= 0.3 is 0 Å². The molecule has 0 unspecified atom stereocenters. The molecule has 1 atom stereocenters. The van der Waals surface area contributed by atoms with Crippen molar-refractivity contribution in [3.63, 3.8) is 0 Å². The van der Waals surface area contributed by atoms with Gasteiger partial charge in [-0.15, -0.1) is 0 Å². The zero-order valence-corrected chi connectivity index (χ0v) is 8.71. The molecule has 0 fully saturated rings. The van der Waals surface area contributed by atoms with Crippen LogP contribution in [0.4, 0.5) is 0 Å². The number of aliphatic hydroxyl groups excluding tert-OH is 1. The van der Waals surface area contributed by atoms with Crippen molar-refractivity contribution in [2.24, 2.45) is 0 Å². The molecule has 1 aliphatic heterocycles. The third-order valence-electron chi connectivity index (χ3n) is 2.86. The number of fused-ring (bicyclic) bond motifs is 1. The predicted octanol–water partition coefficient (Wildman–Crippen LogP) is 2.51. The van der Waals surface area contributed by atoms with E-state index in [1.165, 1.54) is 11.1 Å². The number of rotatable bonds is 0. The van der Waals surface area contributed by atoms with Crippen LogP contribution in [0.2, 0.25) is 0 Å². The lowest BCUT2D eigenvalue weighted by molar-refractivity contribution is 0.167. The minimum absolute atomic E-state index is 0.355. The van der Waals surface area contributed by atoms with Crippen LogP contribution >= 0.6 is 0 Å². The molecule has 2 nitrogen and oxygen atoms in total. The second-order valence-corrected chi connectivity index (χ2v) is 3.98. The summed E-state index contributed by atoms with van der Waals surface area (Å²) >= 11 is 0. The van der Waals surface area contributed by atoms with E-state index in [0.717, 1.165) is 24.2 Å². The molecule has 0 aromatic heterocycles. The van der Waals surface area contributed by atoms with Gasteiger partial charge in [-0.2, -0.15) is 0 Å². The van der Waals surface area contributed by atoms with Gasteiger partial charge in [-0.25, -0.2) is 0 Å². The molecular formula is C12H16O2. The Morgan fingerprint density at radius 3 is 2.79 bits per heavy atom. The first-order valence-corrected chi connectivity index (χ1v) is 5.10. The van der Waals surface area contributed by atoms with Crippen molar-refractivity contribution < 1.29 is 9.84 Å². The second kappa shape index (κ2) is 3.62. The van der Waals surface area contributed by atoms with Crippen LogP contribution in [0.1, 0.15) is 35.6 Å². The van der Waals surface area contributed by atoms with Crippen LogP contribution in [0.15, 0.2) is 12.1 Å². The van der Waals surface area contributed by atoms with E-state index in [4.69, 9.17) is 4.74 Å². The van der Waals surface area contributed by atoms with Crippen LogP contribution in [-0.4, -0.2) is 11.7 Å². The van der Waals surface area contributed by atoms with Crippen LogP contribution in [0.3, 0.4) is 0 Å². The quantitative estimate of drug-likeness (QED) is 0.684. The summed E-state index contributed by atoms with van der Waals surface area (Å²) in [5.74, 6) is 0.859. The van der Waals surface area contributed by atoms with Gasteiger partial charge in [0, 0.05) is 5.56 Å². The molecule has 1 aromatic carbocycles. The van der Waals surface area contributed by atoms with Crippen LogP contribution in [0.5, 0.6) is 5.75 Å². The highest BCUT2D eigenvalue weighted by atomic mass is 16.5. The van der Waals surface area contributed by atoms with Crippen molar-refractivity contribution in [3.05, 3.63) is 28.8 Å². The molecule has 0 spiro atoms. The minimum atomic E-state index is -0.355. The maximum atomic E-state index is 9.88. The Kier molecular flexibility index (Phi) is 2.46. The van der Waals surface area contributed by atoms with Gasteiger partial charge in [0.2, 0.25) is 0 Å². The summed E-state index contributed by atoms with van der Waals surface area (Å²) < 4.78 is 5.59. The molecule has 2 rings (SSSR count). The van der Waals surface area contributed by atoms with E-state index < -0.39 is 0 Å². The third-order valence-corrected chi connectivity index (χ3v) is 2.86. The number of ether oxygens (including phenoxy) is 1. The molecule has 0 bridgehead atoms. The van der Waals surface area contributed by atoms with Gasteiger partial charge in [-0.05, 0) is 49.9 Å². The van der Waals surface area contributed by atoms with E-state index in [1.54, 1.807) is 0 Å². The Morgan fingerprint density at radius 1 is 1.29 bits per heavy atom. The van der Waals surface area contributed by atoms with Crippen LogP contribution < -0.4 is 4.74 Å². The Balaban J connectivity index is 2.49. The highest BCUT2D eigenvalue weighted by Gasteiger charge is 2.17. The maximum absolute atomic E-state index is 9.88. The molecule has 1 aliphatic rings. The first-order valence-electron chi connectivity index (χ1n) is 5.10. The first kappa shape index (κ1) is 9.53. The van der Waals surface area contributed by atoms with Gasteiger partial charge in [0.1, 0.15) is 5.75 Å². The van der Waals surface area contributed by atoms with Crippen molar-refractivity contribution in [1.29, 1.82) is 0 Å². The van der Waals surface area contributed by atoms with Crippen molar-refractivity contribution in [2.45, 2.75) is 32.8 Å². The van der Waals surface area contributed by atoms with Gasteiger partial charge in [0.15, 0.2) is 0 Å². The van der Waals surface area contributed by atoms with Gasteiger partial charge in [0.05, 0.1) is 12.7 Å². The average Bonchev–Trinajstić information content (AvgIpc) is 2.31. The predicted molar refractivity (Wildman–Crippen MR) is 55.6 cm³/mol. The Labute approximate surface area is 84.5 Å². The van der Waals surface area contributed by atoms with E-state index >= 15 is 0 Å². The molecule has 1 aromatic rings. The summed E-state index contributed by atoms with van der Waals surface area (Å²) in [6.45, 7) is 4.84. The van der Waals surface area contributed by atoms with Gasteiger partial charge < -0.3 is 9.84 Å². The Bertz CT molecular complexity index is 344. The van der Waals surface area contributed by atoms with Gasteiger partial charge in [-0.1, -0.05) is 0 Å². The van der Waals surface area contributed by atoms with Crippen LogP contribution in [0.25, 0.3) is 0 Å². The van der Waals surface area contributed by atoms with Crippen LogP contribution in [-0.2, 0) is 0 Å². The van der Waals surface area contributed by atoms with Gasteiger partial charge in [0.25, 0.3) is 0 Å². The van der Waals surface area contributed by atoms with E-state index in [1.807, 2.05) is 12.1 Å². The highest BCUT2D eigenvalue weighted by molar-refractivity contribution is 5.43. The molecule has 1 heterocycles. The zero-order valence-electron chi connectivity index (χ0n) is 8.71. The van der Waals surface area contributed by atoms with E-state index in [0.29, 0.717) is 6.61 Å². The minimum Gasteiger partial charge on any atom is -0.493 e. The summed E-state index contributed by atoms with van der Waals surface area (Å²) in [5.41, 5.74) is 3.39. The summed E-state index contributed by atoms with van der Waals surface area (Å²) in [6, 6.07) is 4.07. The number of aliphatic hydroxyl groups is 1. The number of hydrogen-bond acceptors (Lipinski definition) is 2. The molecular weight excluding hydrogens is 176 g/mol. The van der Waals surface area contributed by atoms with Crippen molar-refractivity contribution >= 4 is 0 Å². The fourth-order valence-corrected chi connectivity index (χ4v) is 1.81. The molecule has 2 heteroatoms. The van der Waals surface area contributed by atoms with Gasteiger partial charge in [-0.3, -0.25) is 0 Å². The summed E-state index contributed by atoms with van der Waals surface area (Å²) in [6.07, 6.45) is 1.37. The highest BCUT2D eigenvalue weighted by Crippen LogP contribution is 2.33. The molecule has 1 N–H and O–H groups in total. The standard InChI is InChI=1S/C12H16O2/c1-8-6-10-11(13)4-3-5-14-12(10)7-9(8)2/h6-7,11,13H,3-5H2,1-2H3/t11-/m1/s1. The van der Waals surface area contributed by atoms with Crippen molar-refractivity contribution in [1.82, 2.24) is 0 Å². The number of benzene rings is 1. The normalized spacial score (nSPS) is 20.9. The molecule has 14 heavy (non-hydrogen) atoms. The fourth-order valence-electron chi connectivity index (χ4n) is 1.81. The number of hydrogen-bond donors (Lipinski definition) is 1. The van der Waals surface area contributed by atoms with Crippen molar-refractivity contribution in [2.75, 3.05) is 6.61 Å². The third kappa shape index (κ3) is 1.62. The van der Waals surface area contributed by atoms with E-state index in [2.05, 4.69) is 13.8 Å². The fraction of sp³-hybridized carbons (Fsp3) is 0.500. The number of aryl methyl sites for hydroxylation is 2. The first-order chi connectivity index (χ1) is 6.68. The lowest BCUT2D eigenvalue weighted by atomic mass is 10.00. The lowest BCUT2D eigenvalue weighted by Gasteiger charge is -2.13. The average molecular weight is 192 g/mol. The Hall–Kier alpha value is -1.02. The smallest absolute Gasteiger partial charge is 0.125 e. The molecule has 0 saturated carbocycles. The monoisotopic (exact) mass is 192 g/mol. The largest absolute Gasteiger partial charge is 0.493 e. The van der Waals surface area contributed by atoms with E-state index in [9.17, 15) is 5.11 Å². The van der Waals surface area contributed by atoms with Crippen molar-refractivity contribution in [3.8, 4) is 5.75 Å². The maximum Gasteiger partial charge on any atom is 0.125 e. The molecule has 0 amide bonds. The topological polar surface area (TPSA) is 29.5 Å². The molecule has 0 saturated heterocycles. The zero-order chi connectivity index (χ0) is 10.1. The molecule has 0 radical (unpaired) electrons. The molecule has 0 aliphatic carbocycles. The van der Waals surface area contributed by atoms with E-state index in [-0.39, 0.29) is 6.10 Å². The lowest BCUT2D eigenvalue weighted by Crippen LogP contribution is -1.98. The second-order valence-electron chi connectivity index (χ2n) is 3.98. The Morgan fingerprint density at radius 2 is 2.00 bits per heavy atom. The summed E-state index contributed by atoms with van der Waals surface area (Å²) in [7, 11) is 0. The summed E-state index contributed by atoms with van der Waals surface area (Å²) in [4.78, 5) is 0. The molecule has 76 valence electrons. The summed E-state index contributed by atoms with van der Waals surface area (Å²) in [5, 5.41) is 9.88.